The molecule has 3 rings (SSSR count). The fourth-order valence-corrected chi connectivity index (χ4v) is 3.47. The van der Waals surface area contributed by atoms with E-state index in [4.69, 9.17) is 15.0 Å². The average molecular weight is 394 g/mol. The monoisotopic (exact) mass is 394 g/mol. The van der Waals surface area contributed by atoms with Crippen LogP contribution in [0.2, 0.25) is 0 Å². The molecule has 1 saturated heterocycles. The Bertz CT molecular complexity index is 824. The molecule has 1 fully saturated rings. The zero-order valence-corrected chi connectivity index (χ0v) is 16.6. The van der Waals surface area contributed by atoms with Crippen molar-refractivity contribution in [3.05, 3.63) is 82.2 Å². The van der Waals surface area contributed by atoms with Gasteiger partial charge in [-0.05, 0) is 36.4 Å². The molecule has 29 heavy (non-hydrogen) atoms. The fourth-order valence-electron chi connectivity index (χ4n) is 3.47. The molecule has 1 amide bonds. The number of rotatable bonds is 7. The van der Waals surface area contributed by atoms with Crippen molar-refractivity contribution in [2.24, 2.45) is 5.11 Å². The number of amides is 1. The lowest BCUT2D eigenvalue weighted by Crippen LogP contribution is -2.44. The number of nitrogens with zero attached hydrogens (tertiary/aromatic N) is 4. The molecule has 2 aromatic rings. The maximum atomic E-state index is 12.8. The molecule has 0 aromatic heterocycles. The van der Waals surface area contributed by atoms with Gasteiger partial charge in [0.05, 0.1) is 24.8 Å². The second-order valence-electron chi connectivity index (χ2n) is 7.22. The molecule has 0 aliphatic carbocycles. The number of ether oxygens (including phenoxy) is 2. The van der Waals surface area contributed by atoms with Gasteiger partial charge in [0, 0.05) is 11.5 Å². The second kappa shape index (κ2) is 10.5. The Morgan fingerprint density at radius 2 is 1.79 bits per heavy atom. The first-order valence-corrected chi connectivity index (χ1v) is 9.85. The van der Waals surface area contributed by atoms with Crippen molar-refractivity contribution in [1.29, 1.82) is 0 Å². The fraction of sp³-hybridized carbons (Fsp3) is 0.409. The van der Waals surface area contributed by atoms with E-state index in [-0.39, 0.29) is 30.9 Å². The van der Waals surface area contributed by atoms with E-state index in [0.29, 0.717) is 13.1 Å². The summed E-state index contributed by atoms with van der Waals surface area (Å²) in [7, 11) is 0. The molecule has 7 nitrogen and oxygen atoms in total. The van der Waals surface area contributed by atoms with Gasteiger partial charge >= 0.3 is 6.09 Å². The molecule has 0 radical (unpaired) electrons. The molecule has 0 saturated carbocycles. The Balaban J connectivity index is 1.64. The summed E-state index contributed by atoms with van der Waals surface area (Å²) in [5.74, 6) is 0. The predicted octanol–water partition coefficient (Wildman–Crippen LogP) is 5.07. The van der Waals surface area contributed by atoms with Gasteiger partial charge in [0.2, 0.25) is 0 Å². The first-order chi connectivity index (χ1) is 14.2. The van der Waals surface area contributed by atoms with Crippen molar-refractivity contribution in [2.45, 2.75) is 51.2 Å². The smallest absolute Gasteiger partial charge is 0.410 e. The van der Waals surface area contributed by atoms with E-state index in [1.54, 1.807) is 4.90 Å². The number of hydrogen-bond acceptors (Lipinski definition) is 4. The van der Waals surface area contributed by atoms with Gasteiger partial charge in [-0.2, -0.15) is 0 Å². The Labute approximate surface area is 170 Å². The molecule has 152 valence electrons. The van der Waals surface area contributed by atoms with Crippen LogP contribution >= 0.6 is 0 Å². The summed E-state index contributed by atoms with van der Waals surface area (Å²) in [6.07, 6.45) is 0.803. The third-order valence-corrected chi connectivity index (χ3v) is 5.04. The number of carbonyl (C=O) groups is 1. The van der Waals surface area contributed by atoms with Crippen LogP contribution in [0.3, 0.4) is 0 Å². The van der Waals surface area contributed by atoms with Crippen LogP contribution in [0.4, 0.5) is 4.79 Å². The lowest BCUT2D eigenvalue weighted by atomic mass is 10.00. The zero-order valence-electron chi connectivity index (χ0n) is 16.6. The summed E-state index contributed by atoms with van der Waals surface area (Å²) in [5, 5.41) is 3.79. The molecule has 2 unspecified atom stereocenters. The minimum atomic E-state index is -0.369. The number of azide groups is 1. The summed E-state index contributed by atoms with van der Waals surface area (Å²) in [4.78, 5) is 17.4. The molecule has 2 aromatic carbocycles. The first kappa shape index (κ1) is 20.7. The molecular weight excluding hydrogens is 368 g/mol. The lowest BCUT2D eigenvalue weighted by Gasteiger charge is -2.35. The van der Waals surface area contributed by atoms with Crippen LogP contribution in [0.5, 0.6) is 0 Å². The average Bonchev–Trinajstić information content (AvgIpc) is 2.75. The van der Waals surface area contributed by atoms with Crippen LogP contribution in [0.25, 0.3) is 10.4 Å². The summed E-state index contributed by atoms with van der Waals surface area (Å²) < 4.78 is 11.6. The van der Waals surface area contributed by atoms with Gasteiger partial charge in [-0.15, -0.1) is 0 Å². The molecule has 0 N–H and O–H groups in total. The highest BCUT2D eigenvalue weighted by atomic mass is 16.6. The molecule has 1 aliphatic heterocycles. The van der Waals surface area contributed by atoms with Crippen molar-refractivity contribution >= 4 is 6.09 Å². The van der Waals surface area contributed by atoms with Crippen molar-refractivity contribution in [1.82, 2.24) is 4.90 Å². The van der Waals surface area contributed by atoms with Gasteiger partial charge in [0.15, 0.2) is 0 Å². The van der Waals surface area contributed by atoms with Crippen molar-refractivity contribution in [3.63, 3.8) is 0 Å². The van der Waals surface area contributed by atoms with Crippen molar-refractivity contribution < 1.29 is 14.3 Å². The number of benzene rings is 2. The maximum absolute atomic E-state index is 12.8. The molecule has 0 spiro atoms. The highest BCUT2D eigenvalue weighted by Crippen LogP contribution is 2.23. The minimum Gasteiger partial charge on any atom is -0.445 e. The van der Waals surface area contributed by atoms with E-state index in [9.17, 15) is 4.79 Å². The van der Waals surface area contributed by atoms with Gasteiger partial charge < -0.3 is 14.4 Å². The maximum Gasteiger partial charge on any atom is 0.410 e. The molecule has 3 atom stereocenters. The standard InChI is InChI=1S/C22H26N4O3/c1-17-21(24-25-23)13-12-20(29-17)15-26(14-18-8-4-2-5-9-18)22(27)28-16-19-10-6-3-7-11-19/h2-11,17,20-21H,12-16H2,1H3/t17?,20-,21?/m0/s1. The van der Waals surface area contributed by atoms with Crippen molar-refractivity contribution in [3.8, 4) is 0 Å². The second-order valence-corrected chi connectivity index (χ2v) is 7.22. The van der Waals surface area contributed by atoms with Crippen molar-refractivity contribution in [2.75, 3.05) is 6.54 Å². The molecule has 1 aliphatic rings. The highest BCUT2D eigenvalue weighted by Gasteiger charge is 2.30. The lowest BCUT2D eigenvalue weighted by molar-refractivity contribution is -0.0635. The normalized spacial score (nSPS) is 21.1. The summed E-state index contributed by atoms with van der Waals surface area (Å²) in [6, 6.07) is 19.3. The molecule has 1 heterocycles. The Morgan fingerprint density at radius 3 is 2.41 bits per heavy atom. The van der Waals surface area contributed by atoms with Gasteiger partial charge in [-0.3, -0.25) is 0 Å². The van der Waals surface area contributed by atoms with E-state index >= 15 is 0 Å². The summed E-state index contributed by atoms with van der Waals surface area (Å²) in [6.45, 7) is 3.00. The van der Waals surface area contributed by atoms with Gasteiger partial charge in [-0.25, -0.2) is 4.79 Å². The van der Waals surface area contributed by atoms with Crippen LogP contribution in [0.1, 0.15) is 30.9 Å². The SMILES string of the molecule is CC1O[C@H](CN(Cc2ccccc2)C(=O)OCc2ccccc2)CCC1N=[N+]=[N-]. The van der Waals surface area contributed by atoms with Crippen LogP contribution < -0.4 is 0 Å². The quantitative estimate of drug-likeness (QED) is 0.373. The van der Waals surface area contributed by atoms with E-state index in [1.807, 2.05) is 67.6 Å². The van der Waals surface area contributed by atoms with Crippen LogP contribution in [0, 0.1) is 0 Å². The van der Waals surface area contributed by atoms with E-state index in [2.05, 4.69) is 10.0 Å². The minimum absolute atomic E-state index is 0.122. The Kier molecular flexibility index (Phi) is 7.50. The van der Waals surface area contributed by atoms with Gasteiger partial charge in [0.1, 0.15) is 6.61 Å². The molecule has 7 heteroatoms. The topological polar surface area (TPSA) is 87.5 Å². The van der Waals surface area contributed by atoms with E-state index in [1.165, 1.54) is 0 Å². The number of hydrogen-bond donors (Lipinski definition) is 0. The summed E-state index contributed by atoms with van der Waals surface area (Å²) >= 11 is 0. The Hall–Kier alpha value is -3.02. The van der Waals surface area contributed by atoms with Gasteiger partial charge in [-0.1, -0.05) is 65.8 Å². The van der Waals surface area contributed by atoms with Crippen LogP contribution in [-0.4, -0.2) is 35.8 Å². The Morgan fingerprint density at radius 1 is 1.14 bits per heavy atom. The van der Waals surface area contributed by atoms with Crippen LogP contribution in [0.15, 0.2) is 65.8 Å². The summed E-state index contributed by atoms with van der Waals surface area (Å²) in [5.41, 5.74) is 10.6. The molecular formula is C22H26N4O3. The third kappa shape index (κ3) is 6.24. The highest BCUT2D eigenvalue weighted by molar-refractivity contribution is 5.67. The predicted molar refractivity (Wildman–Crippen MR) is 110 cm³/mol. The largest absolute Gasteiger partial charge is 0.445 e. The van der Waals surface area contributed by atoms with E-state index in [0.717, 1.165) is 24.0 Å². The van der Waals surface area contributed by atoms with E-state index < -0.39 is 0 Å². The van der Waals surface area contributed by atoms with Gasteiger partial charge in [0.25, 0.3) is 0 Å². The first-order valence-electron chi connectivity index (χ1n) is 9.85. The molecule has 0 bridgehead atoms. The number of carbonyl (C=O) groups excluding carboxylic acids is 1. The third-order valence-electron chi connectivity index (χ3n) is 5.04. The van der Waals surface area contributed by atoms with Crippen LogP contribution in [-0.2, 0) is 22.6 Å². The zero-order chi connectivity index (χ0) is 20.5.